The Morgan fingerprint density at radius 1 is 1.11 bits per heavy atom. The summed E-state index contributed by atoms with van der Waals surface area (Å²) in [6.07, 6.45) is 6.18. The third-order valence-electron chi connectivity index (χ3n) is 4.86. The normalized spacial score (nSPS) is 15.6. The molecular formula is C19H21N5O3S. The highest BCUT2D eigenvalue weighted by Crippen LogP contribution is 2.22. The summed E-state index contributed by atoms with van der Waals surface area (Å²) in [7, 11) is -3.49. The van der Waals surface area contributed by atoms with Gasteiger partial charge in [-0.05, 0) is 50.1 Å². The summed E-state index contributed by atoms with van der Waals surface area (Å²) < 4.78 is 28.5. The maximum atomic E-state index is 12.7. The van der Waals surface area contributed by atoms with Crippen molar-refractivity contribution in [3.8, 4) is 0 Å². The first-order valence-corrected chi connectivity index (χ1v) is 10.6. The van der Waals surface area contributed by atoms with Gasteiger partial charge in [-0.1, -0.05) is 6.42 Å². The molecule has 3 aromatic rings. The number of carbonyl (C=O) groups is 1. The number of amides is 1. The zero-order valence-corrected chi connectivity index (χ0v) is 16.3. The van der Waals surface area contributed by atoms with Crippen LogP contribution in [0.5, 0.6) is 0 Å². The molecule has 146 valence electrons. The molecule has 0 atom stereocenters. The first-order chi connectivity index (χ1) is 13.5. The van der Waals surface area contributed by atoms with E-state index < -0.39 is 10.0 Å². The van der Waals surface area contributed by atoms with Crippen molar-refractivity contribution in [2.45, 2.75) is 31.1 Å². The lowest BCUT2D eigenvalue weighted by Gasteiger charge is -2.25. The molecule has 1 aliphatic rings. The van der Waals surface area contributed by atoms with Gasteiger partial charge in [0.15, 0.2) is 5.65 Å². The highest BCUT2D eigenvalue weighted by atomic mass is 32.2. The Balaban J connectivity index is 1.54. The van der Waals surface area contributed by atoms with E-state index in [-0.39, 0.29) is 10.8 Å². The number of hydrogen-bond acceptors (Lipinski definition) is 5. The van der Waals surface area contributed by atoms with Gasteiger partial charge in [0.1, 0.15) is 5.56 Å². The number of anilines is 1. The average molecular weight is 399 g/mol. The number of aryl methyl sites for hydroxylation is 1. The van der Waals surface area contributed by atoms with Gasteiger partial charge in [-0.3, -0.25) is 4.79 Å². The maximum absolute atomic E-state index is 12.7. The minimum Gasteiger partial charge on any atom is -0.322 e. The lowest BCUT2D eigenvalue weighted by Crippen LogP contribution is -2.35. The van der Waals surface area contributed by atoms with E-state index in [1.807, 2.05) is 0 Å². The van der Waals surface area contributed by atoms with Crippen molar-refractivity contribution in [1.82, 2.24) is 18.9 Å². The number of carbonyl (C=O) groups excluding carboxylic acids is 1. The van der Waals surface area contributed by atoms with Crippen LogP contribution in [0.4, 0.5) is 5.69 Å². The van der Waals surface area contributed by atoms with Crippen LogP contribution in [-0.2, 0) is 10.0 Å². The summed E-state index contributed by atoms with van der Waals surface area (Å²) in [4.78, 5) is 17.2. The van der Waals surface area contributed by atoms with Crippen LogP contribution < -0.4 is 5.32 Å². The molecule has 0 aliphatic carbocycles. The summed E-state index contributed by atoms with van der Waals surface area (Å²) in [6.45, 7) is 2.86. The molecular weight excluding hydrogens is 378 g/mol. The fraction of sp³-hybridized carbons (Fsp3) is 0.316. The predicted molar refractivity (Wildman–Crippen MR) is 105 cm³/mol. The van der Waals surface area contributed by atoms with E-state index in [0.29, 0.717) is 35.7 Å². The highest BCUT2D eigenvalue weighted by Gasteiger charge is 2.26. The summed E-state index contributed by atoms with van der Waals surface area (Å²) in [5.74, 6) is -0.335. The molecule has 8 nitrogen and oxygen atoms in total. The second kappa shape index (κ2) is 7.33. The molecule has 1 amide bonds. The van der Waals surface area contributed by atoms with Gasteiger partial charge in [-0.2, -0.15) is 9.40 Å². The van der Waals surface area contributed by atoms with Crippen LogP contribution in [0.25, 0.3) is 5.65 Å². The monoisotopic (exact) mass is 399 g/mol. The zero-order valence-electron chi connectivity index (χ0n) is 15.5. The van der Waals surface area contributed by atoms with Gasteiger partial charge in [0.2, 0.25) is 10.0 Å². The first kappa shape index (κ1) is 18.6. The van der Waals surface area contributed by atoms with Crippen LogP contribution >= 0.6 is 0 Å². The van der Waals surface area contributed by atoms with Gasteiger partial charge in [-0.25, -0.2) is 17.9 Å². The third kappa shape index (κ3) is 3.38. The molecule has 28 heavy (non-hydrogen) atoms. The SMILES string of the molecule is Cc1nn2cccnc2c1C(=O)Nc1ccc(S(=O)(=O)N2CCCCC2)cc1. The lowest BCUT2D eigenvalue weighted by atomic mass is 10.2. The number of benzene rings is 1. The van der Waals surface area contributed by atoms with Crippen LogP contribution in [0.15, 0.2) is 47.6 Å². The molecule has 1 aromatic carbocycles. The highest BCUT2D eigenvalue weighted by molar-refractivity contribution is 7.89. The van der Waals surface area contributed by atoms with Crippen molar-refractivity contribution >= 4 is 27.3 Å². The van der Waals surface area contributed by atoms with E-state index in [9.17, 15) is 13.2 Å². The molecule has 1 N–H and O–H groups in total. The summed E-state index contributed by atoms with van der Waals surface area (Å²) >= 11 is 0. The van der Waals surface area contributed by atoms with Crippen LogP contribution in [-0.4, -0.2) is 46.3 Å². The summed E-state index contributed by atoms with van der Waals surface area (Å²) in [6, 6.07) is 8.00. The molecule has 0 spiro atoms. The molecule has 0 unspecified atom stereocenters. The van der Waals surface area contributed by atoms with Crippen LogP contribution in [0, 0.1) is 6.92 Å². The van der Waals surface area contributed by atoms with E-state index in [1.165, 1.54) is 16.4 Å². The van der Waals surface area contributed by atoms with Crippen molar-refractivity contribution < 1.29 is 13.2 Å². The second-order valence-electron chi connectivity index (χ2n) is 6.79. The first-order valence-electron chi connectivity index (χ1n) is 9.18. The summed E-state index contributed by atoms with van der Waals surface area (Å²) in [5.41, 5.74) is 1.95. The number of hydrogen-bond donors (Lipinski definition) is 1. The van der Waals surface area contributed by atoms with Crippen molar-refractivity contribution in [1.29, 1.82) is 0 Å². The quantitative estimate of drug-likeness (QED) is 0.727. The number of nitrogens with zero attached hydrogens (tertiary/aromatic N) is 4. The van der Waals surface area contributed by atoms with E-state index >= 15 is 0 Å². The minimum absolute atomic E-state index is 0.237. The molecule has 0 radical (unpaired) electrons. The van der Waals surface area contributed by atoms with Crippen LogP contribution in [0.2, 0.25) is 0 Å². The van der Waals surface area contributed by atoms with Crippen LogP contribution in [0.3, 0.4) is 0 Å². The Morgan fingerprint density at radius 3 is 2.54 bits per heavy atom. The molecule has 1 saturated heterocycles. The van der Waals surface area contributed by atoms with Crippen molar-refractivity contribution in [3.63, 3.8) is 0 Å². The Kier molecular flexibility index (Phi) is 4.86. The number of rotatable bonds is 4. The Hall–Kier alpha value is -2.78. The molecule has 3 heterocycles. The minimum atomic E-state index is -3.49. The van der Waals surface area contributed by atoms with E-state index in [2.05, 4.69) is 15.4 Å². The number of piperidine rings is 1. The molecule has 2 aromatic heterocycles. The fourth-order valence-electron chi connectivity index (χ4n) is 3.42. The van der Waals surface area contributed by atoms with Crippen molar-refractivity contribution in [2.24, 2.45) is 0 Å². The number of aromatic nitrogens is 3. The van der Waals surface area contributed by atoms with Gasteiger partial charge in [0, 0.05) is 31.2 Å². The molecule has 0 bridgehead atoms. The van der Waals surface area contributed by atoms with Gasteiger partial charge in [-0.15, -0.1) is 0 Å². The Labute approximate surface area is 163 Å². The molecule has 4 rings (SSSR count). The molecule has 0 saturated carbocycles. The van der Waals surface area contributed by atoms with Crippen molar-refractivity contribution in [3.05, 3.63) is 54.0 Å². The standard InChI is InChI=1S/C19H21N5O3S/c1-14-17(18-20-10-5-13-24(18)22-14)19(25)21-15-6-8-16(9-7-15)28(26,27)23-11-3-2-4-12-23/h5-10,13H,2-4,11-12H2,1H3,(H,21,25). The predicted octanol–water partition coefficient (Wildman–Crippen LogP) is 2.46. The number of fused-ring (bicyclic) bond motifs is 1. The molecule has 1 aliphatic heterocycles. The maximum Gasteiger partial charge on any atom is 0.261 e. The lowest BCUT2D eigenvalue weighted by molar-refractivity contribution is 0.102. The van der Waals surface area contributed by atoms with Gasteiger partial charge < -0.3 is 5.32 Å². The van der Waals surface area contributed by atoms with E-state index in [4.69, 9.17) is 0 Å². The molecule has 1 fully saturated rings. The third-order valence-corrected chi connectivity index (χ3v) is 6.78. The number of nitrogens with one attached hydrogen (secondary N) is 1. The Morgan fingerprint density at radius 2 is 1.82 bits per heavy atom. The van der Waals surface area contributed by atoms with Gasteiger partial charge in [0.05, 0.1) is 10.6 Å². The van der Waals surface area contributed by atoms with Crippen molar-refractivity contribution in [2.75, 3.05) is 18.4 Å². The van der Waals surface area contributed by atoms with Gasteiger partial charge in [0.25, 0.3) is 5.91 Å². The second-order valence-corrected chi connectivity index (χ2v) is 8.73. The van der Waals surface area contributed by atoms with E-state index in [0.717, 1.165) is 19.3 Å². The van der Waals surface area contributed by atoms with Crippen LogP contribution in [0.1, 0.15) is 35.3 Å². The van der Waals surface area contributed by atoms with E-state index in [1.54, 1.807) is 42.0 Å². The van der Waals surface area contributed by atoms with Gasteiger partial charge >= 0.3 is 0 Å². The zero-order chi connectivity index (χ0) is 19.7. The number of sulfonamides is 1. The Bertz CT molecular complexity index is 1120. The average Bonchev–Trinajstić information content (AvgIpc) is 3.05. The summed E-state index contributed by atoms with van der Waals surface area (Å²) in [5, 5.41) is 7.08. The topological polar surface area (TPSA) is 96.7 Å². The fourth-order valence-corrected chi connectivity index (χ4v) is 4.94. The molecule has 9 heteroatoms. The smallest absolute Gasteiger partial charge is 0.261 e. The largest absolute Gasteiger partial charge is 0.322 e.